The molecule has 2 aliphatic heterocycles. The van der Waals surface area contributed by atoms with E-state index in [1.807, 2.05) is 0 Å². The third kappa shape index (κ3) is 3.95. The molecule has 2 atom stereocenters. The first-order valence-corrected chi connectivity index (χ1v) is 8.87. The number of nitro groups is 1. The number of hydrazine groups is 1. The Balaban J connectivity index is 1.74. The van der Waals surface area contributed by atoms with Crippen molar-refractivity contribution in [3.8, 4) is 0 Å². The molecular weight excluding hydrogens is 338 g/mol. The third-order valence-electron chi connectivity index (χ3n) is 5.09. The van der Waals surface area contributed by atoms with Gasteiger partial charge in [0.2, 0.25) is 0 Å². The van der Waals surface area contributed by atoms with Crippen LogP contribution in [0.5, 0.6) is 0 Å². The number of rotatable bonds is 5. The normalized spacial score (nSPS) is 25.9. The Kier molecular flexibility index (Phi) is 5.70. The van der Waals surface area contributed by atoms with E-state index >= 15 is 0 Å². The maximum Gasteiger partial charge on any atom is 0.293 e. The molecule has 2 saturated heterocycles. The summed E-state index contributed by atoms with van der Waals surface area (Å²) in [5, 5.41) is 14.7. The summed E-state index contributed by atoms with van der Waals surface area (Å²) in [7, 11) is 0. The molecule has 1 aromatic carbocycles. The van der Waals surface area contributed by atoms with E-state index in [9.17, 15) is 14.9 Å². The standard InChI is InChI=1S/C17H25N5O4/c1-11-14(12(2)20-19-11)10-18-15-4-3-13(9-16(15)22(24)25)17(23)21-5-7-26-8-6-21/h3-4,9,11-12,14,18-20H,5-8,10H2,1-2H3. The highest BCUT2D eigenvalue weighted by molar-refractivity contribution is 5.95. The van der Waals surface area contributed by atoms with Gasteiger partial charge in [-0.25, -0.2) is 0 Å². The van der Waals surface area contributed by atoms with Crippen LogP contribution in [0.15, 0.2) is 18.2 Å². The number of carbonyl (C=O) groups excluding carboxylic acids is 1. The van der Waals surface area contributed by atoms with Gasteiger partial charge in [-0.05, 0) is 26.0 Å². The van der Waals surface area contributed by atoms with Crippen molar-refractivity contribution < 1.29 is 14.5 Å². The number of anilines is 1. The van der Waals surface area contributed by atoms with Crippen LogP contribution in [0.2, 0.25) is 0 Å². The predicted molar refractivity (Wildman–Crippen MR) is 97.0 cm³/mol. The van der Waals surface area contributed by atoms with Gasteiger partial charge in [-0.2, -0.15) is 0 Å². The van der Waals surface area contributed by atoms with Gasteiger partial charge in [0, 0.05) is 49.3 Å². The first-order chi connectivity index (χ1) is 12.5. The van der Waals surface area contributed by atoms with Gasteiger partial charge in [0.15, 0.2) is 0 Å². The van der Waals surface area contributed by atoms with E-state index < -0.39 is 4.92 Å². The minimum Gasteiger partial charge on any atom is -0.379 e. The Bertz CT molecular complexity index is 667. The molecule has 3 N–H and O–H groups in total. The van der Waals surface area contributed by atoms with Gasteiger partial charge in [0.25, 0.3) is 11.6 Å². The Morgan fingerprint density at radius 1 is 1.31 bits per heavy atom. The lowest BCUT2D eigenvalue weighted by Crippen LogP contribution is -2.40. The number of nitrogens with one attached hydrogen (secondary N) is 3. The van der Waals surface area contributed by atoms with Crippen LogP contribution in [-0.4, -0.2) is 60.7 Å². The zero-order valence-corrected chi connectivity index (χ0v) is 15.0. The lowest BCUT2D eigenvalue weighted by Gasteiger charge is -2.27. The molecule has 2 heterocycles. The van der Waals surface area contributed by atoms with Gasteiger partial charge in [-0.3, -0.25) is 25.8 Å². The molecule has 3 rings (SSSR count). The largest absolute Gasteiger partial charge is 0.379 e. The lowest BCUT2D eigenvalue weighted by atomic mass is 9.96. The molecule has 1 aromatic rings. The minimum absolute atomic E-state index is 0.0802. The zero-order valence-electron chi connectivity index (χ0n) is 15.0. The van der Waals surface area contributed by atoms with E-state index in [2.05, 4.69) is 30.0 Å². The predicted octanol–water partition coefficient (Wildman–Crippen LogP) is 0.980. The van der Waals surface area contributed by atoms with Gasteiger partial charge in [0.1, 0.15) is 5.69 Å². The van der Waals surface area contributed by atoms with Crippen LogP contribution in [0.4, 0.5) is 11.4 Å². The van der Waals surface area contributed by atoms with Gasteiger partial charge in [0.05, 0.1) is 18.1 Å². The molecule has 9 heteroatoms. The molecule has 9 nitrogen and oxygen atoms in total. The molecule has 2 fully saturated rings. The van der Waals surface area contributed by atoms with Crippen LogP contribution < -0.4 is 16.2 Å². The first kappa shape index (κ1) is 18.6. The molecular formula is C17H25N5O4. The van der Waals surface area contributed by atoms with Crippen LogP contribution >= 0.6 is 0 Å². The molecule has 2 aliphatic rings. The summed E-state index contributed by atoms with van der Waals surface area (Å²) in [6.07, 6.45) is 0. The fourth-order valence-corrected chi connectivity index (χ4v) is 3.41. The summed E-state index contributed by atoms with van der Waals surface area (Å²) in [6.45, 7) is 6.73. The Morgan fingerprint density at radius 3 is 2.58 bits per heavy atom. The van der Waals surface area contributed by atoms with E-state index in [0.717, 1.165) is 0 Å². The molecule has 0 radical (unpaired) electrons. The monoisotopic (exact) mass is 363 g/mol. The second kappa shape index (κ2) is 7.98. The molecule has 1 amide bonds. The molecule has 142 valence electrons. The second-order valence-electron chi connectivity index (χ2n) is 6.80. The number of hydrogen-bond acceptors (Lipinski definition) is 7. The topological polar surface area (TPSA) is 109 Å². The van der Waals surface area contributed by atoms with Gasteiger partial charge in [-0.1, -0.05) is 0 Å². The van der Waals surface area contributed by atoms with Gasteiger partial charge in [-0.15, -0.1) is 0 Å². The average molecular weight is 363 g/mol. The van der Waals surface area contributed by atoms with E-state index in [-0.39, 0.29) is 23.7 Å². The van der Waals surface area contributed by atoms with Crippen molar-refractivity contribution in [2.45, 2.75) is 25.9 Å². The SMILES string of the molecule is CC1NNC(C)C1CNc1ccc(C(=O)N2CCOCC2)cc1[N+](=O)[O-]. The highest BCUT2D eigenvalue weighted by atomic mass is 16.6. The molecule has 2 unspecified atom stereocenters. The fraction of sp³-hybridized carbons (Fsp3) is 0.588. The third-order valence-corrected chi connectivity index (χ3v) is 5.09. The van der Waals surface area contributed by atoms with E-state index in [4.69, 9.17) is 4.74 Å². The number of carbonyl (C=O) groups is 1. The summed E-state index contributed by atoms with van der Waals surface area (Å²) in [4.78, 5) is 25.3. The van der Waals surface area contributed by atoms with Crippen LogP contribution in [-0.2, 0) is 4.74 Å². The van der Waals surface area contributed by atoms with E-state index in [0.29, 0.717) is 50.0 Å². The zero-order chi connectivity index (χ0) is 18.7. The van der Waals surface area contributed by atoms with Crippen molar-refractivity contribution in [2.75, 3.05) is 38.2 Å². The summed E-state index contributed by atoms with van der Waals surface area (Å²) in [5.41, 5.74) is 7.02. The van der Waals surface area contributed by atoms with Crippen LogP contribution in [0.25, 0.3) is 0 Å². The van der Waals surface area contributed by atoms with Gasteiger partial charge >= 0.3 is 0 Å². The Morgan fingerprint density at radius 2 is 1.96 bits per heavy atom. The van der Waals surface area contributed by atoms with Crippen LogP contribution in [0.3, 0.4) is 0 Å². The van der Waals surface area contributed by atoms with Crippen LogP contribution in [0, 0.1) is 16.0 Å². The smallest absolute Gasteiger partial charge is 0.293 e. The number of amides is 1. The highest BCUT2D eigenvalue weighted by Gasteiger charge is 2.30. The quantitative estimate of drug-likeness (QED) is 0.528. The average Bonchev–Trinajstić information content (AvgIpc) is 2.97. The van der Waals surface area contributed by atoms with Gasteiger partial charge < -0.3 is 15.0 Å². The van der Waals surface area contributed by atoms with Crippen molar-refractivity contribution in [2.24, 2.45) is 5.92 Å². The Hall–Kier alpha value is -2.23. The summed E-state index contributed by atoms with van der Waals surface area (Å²) < 4.78 is 5.24. The Labute approximate surface area is 152 Å². The van der Waals surface area contributed by atoms with Crippen molar-refractivity contribution in [1.29, 1.82) is 0 Å². The number of hydrogen-bond donors (Lipinski definition) is 3. The summed E-state index contributed by atoms with van der Waals surface area (Å²) in [6, 6.07) is 5.15. The van der Waals surface area contributed by atoms with Crippen molar-refractivity contribution >= 4 is 17.3 Å². The highest BCUT2D eigenvalue weighted by Crippen LogP contribution is 2.27. The summed E-state index contributed by atoms with van der Waals surface area (Å²) >= 11 is 0. The molecule has 0 saturated carbocycles. The maximum absolute atomic E-state index is 12.5. The summed E-state index contributed by atoms with van der Waals surface area (Å²) in [5.74, 6) is 0.0960. The second-order valence-corrected chi connectivity index (χ2v) is 6.80. The minimum atomic E-state index is -0.448. The first-order valence-electron chi connectivity index (χ1n) is 8.87. The molecule has 26 heavy (non-hydrogen) atoms. The maximum atomic E-state index is 12.5. The molecule has 0 bridgehead atoms. The number of nitro benzene ring substituents is 1. The van der Waals surface area contributed by atoms with Crippen molar-refractivity contribution in [3.63, 3.8) is 0 Å². The van der Waals surface area contributed by atoms with E-state index in [1.165, 1.54) is 6.07 Å². The fourth-order valence-electron chi connectivity index (χ4n) is 3.41. The number of ether oxygens (including phenoxy) is 1. The van der Waals surface area contributed by atoms with Crippen LogP contribution in [0.1, 0.15) is 24.2 Å². The number of morpholine rings is 1. The van der Waals surface area contributed by atoms with Crippen molar-refractivity contribution in [3.05, 3.63) is 33.9 Å². The number of benzene rings is 1. The van der Waals surface area contributed by atoms with Crippen molar-refractivity contribution in [1.82, 2.24) is 15.8 Å². The number of nitrogens with zero attached hydrogens (tertiary/aromatic N) is 2. The lowest BCUT2D eigenvalue weighted by molar-refractivity contribution is -0.384. The molecule has 0 spiro atoms. The molecule has 0 aliphatic carbocycles. The molecule has 0 aromatic heterocycles. The van der Waals surface area contributed by atoms with E-state index in [1.54, 1.807) is 17.0 Å².